The standard InChI is InChI=1S/C26H30O8/c1-12(2)8-18(28)33-15-9-25(3)14(6-7-16(25)27)19-21(15)26(4)17(11-31-5)34-24(30)13-10-32-23(20(13)26)22(19)29/h10,12,14-15,17H,6-9,11H2,1-5H3/t14-,15+,17+,25-,26-/m0/s1. The molecule has 1 aromatic rings. The molecule has 1 saturated carbocycles. The van der Waals surface area contributed by atoms with Crippen LogP contribution in [0.15, 0.2) is 21.8 Å². The molecule has 0 N–H and O–H groups in total. The number of carbonyl (C=O) groups is 4. The number of carbonyl (C=O) groups excluding carboxylic acids is 4. The summed E-state index contributed by atoms with van der Waals surface area (Å²) in [6.45, 7) is 7.70. The smallest absolute Gasteiger partial charge is 0.342 e. The maximum absolute atomic E-state index is 13.9. The van der Waals surface area contributed by atoms with Crippen molar-refractivity contribution in [1.82, 2.24) is 0 Å². The fourth-order valence-electron chi connectivity index (χ4n) is 6.62. The summed E-state index contributed by atoms with van der Waals surface area (Å²) in [5.41, 5.74) is -0.0583. The van der Waals surface area contributed by atoms with Crippen molar-refractivity contribution in [2.45, 2.75) is 71.0 Å². The molecule has 1 aromatic heterocycles. The highest BCUT2D eigenvalue weighted by Crippen LogP contribution is 2.61. The van der Waals surface area contributed by atoms with Crippen molar-refractivity contribution in [2.24, 2.45) is 17.3 Å². The molecule has 4 aliphatic rings. The van der Waals surface area contributed by atoms with E-state index >= 15 is 0 Å². The molecule has 0 amide bonds. The fraction of sp³-hybridized carbons (Fsp3) is 0.615. The average molecular weight is 471 g/mol. The van der Waals surface area contributed by atoms with Crippen LogP contribution < -0.4 is 0 Å². The van der Waals surface area contributed by atoms with Crippen molar-refractivity contribution in [1.29, 1.82) is 0 Å². The number of allylic oxidation sites excluding steroid dienone is 1. The Morgan fingerprint density at radius 3 is 2.65 bits per heavy atom. The minimum absolute atomic E-state index is 0.0707. The highest BCUT2D eigenvalue weighted by Gasteiger charge is 2.64. The van der Waals surface area contributed by atoms with Gasteiger partial charge in [-0.05, 0) is 24.8 Å². The van der Waals surface area contributed by atoms with E-state index in [9.17, 15) is 19.2 Å². The summed E-state index contributed by atoms with van der Waals surface area (Å²) < 4.78 is 22.9. The number of ketones is 2. The number of rotatable bonds is 5. The first kappa shape index (κ1) is 23.0. The number of esters is 2. The second kappa shape index (κ2) is 7.63. The van der Waals surface area contributed by atoms with Gasteiger partial charge in [-0.2, -0.15) is 0 Å². The molecule has 0 spiro atoms. The highest BCUT2D eigenvalue weighted by molar-refractivity contribution is 6.14. The molecule has 5 atom stereocenters. The molecule has 2 heterocycles. The summed E-state index contributed by atoms with van der Waals surface area (Å²) in [6.07, 6.45) is 1.13. The number of methoxy groups -OCH3 is 1. The number of hydrogen-bond acceptors (Lipinski definition) is 8. The van der Waals surface area contributed by atoms with Crippen LogP contribution in [0.4, 0.5) is 0 Å². The van der Waals surface area contributed by atoms with Crippen LogP contribution in [0.25, 0.3) is 0 Å². The van der Waals surface area contributed by atoms with Crippen LogP contribution >= 0.6 is 0 Å². The van der Waals surface area contributed by atoms with E-state index in [1.807, 2.05) is 27.7 Å². The quantitative estimate of drug-likeness (QED) is 0.601. The van der Waals surface area contributed by atoms with Gasteiger partial charge >= 0.3 is 11.9 Å². The number of fused-ring (bicyclic) bond motifs is 3. The van der Waals surface area contributed by atoms with Gasteiger partial charge < -0.3 is 18.6 Å². The van der Waals surface area contributed by atoms with Gasteiger partial charge in [0.05, 0.1) is 12.0 Å². The molecule has 1 aliphatic heterocycles. The normalized spacial score (nSPS) is 34.1. The lowest BCUT2D eigenvalue weighted by atomic mass is 9.54. The molecule has 8 nitrogen and oxygen atoms in total. The Morgan fingerprint density at radius 1 is 1.24 bits per heavy atom. The maximum atomic E-state index is 13.9. The Hall–Kier alpha value is -2.74. The minimum Gasteiger partial charge on any atom is -0.460 e. The third kappa shape index (κ3) is 2.93. The van der Waals surface area contributed by atoms with Crippen LogP contribution in [0.1, 0.15) is 79.9 Å². The molecular weight excluding hydrogens is 440 g/mol. The zero-order valence-electron chi connectivity index (χ0n) is 20.2. The molecule has 0 aromatic carbocycles. The van der Waals surface area contributed by atoms with Gasteiger partial charge in [-0.3, -0.25) is 14.4 Å². The molecule has 8 heteroatoms. The Kier molecular flexibility index (Phi) is 5.17. The first-order chi connectivity index (χ1) is 16.0. The zero-order valence-corrected chi connectivity index (χ0v) is 20.2. The lowest BCUT2D eigenvalue weighted by molar-refractivity contribution is -0.153. The van der Waals surface area contributed by atoms with Gasteiger partial charge in [-0.15, -0.1) is 0 Å². The van der Waals surface area contributed by atoms with Gasteiger partial charge in [-0.25, -0.2) is 4.79 Å². The van der Waals surface area contributed by atoms with Crippen LogP contribution in [0.2, 0.25) is 0 Å². The van der Waals surface area contributed by atoms with Crippen molar-refractivity contribution in [3.63, 3.8) is 0 Å². The summed E-state index contributed by atoms with van der Waals surface area (Å²) in [6, 6.07) is 0. The monoisotopic (exact) mass is 470 g/mol. The van der Waals surface area contributed by atoms with Crippen molar-refractivity contribution >= 4 is 23.5 Å². The SMILES string of the molecule is COC[C@H]1OC(=O)c2coc3c2[C@@]1(C)C1=C(C3=O)[C@@H]2CCC(=O)[C@@]2(C)C[C@H]1OC(=O)CC(C)C. The molecule has 5 rings (SSSR count). The number of furan rings is 1. The molecule has 0 unspecified atom stereocenters. The van der Waals surface area contributed by atoms with Crippen molar-refractivity contribution in [3.8, 4) is 0 Å². The lowest BCUT2D eigenvalue weighted by Crippen LogP contribution is -2.57. The van der Waals surface area contributed by atoms with E-state index in [2.05, 4.69) is 0 Å². The number of ether oxygens (including phenoxy) is 3. The Balaban J connectivity index is 1.75. The summed E-state index contributed by atoms with van der Waals surface area (Å²) in [7, 11) is 1.51. The molecule has 0 radical (unpaired) electrons. The summed E-state index contributed by atoms with van der Waals surface area (Å²) in [5.74, 6) is -1.35. The highest BCUT2D eigenvalue weighted by atomic mass is 16.6. The predicted octanol–water partition coefficient (Wildman–Crippen LogP) is 3.56. The van der Waals surface area contributed by atoms with Crippen LogP contribution in [0, 0.1) is 17.3 Å². The van der Waals surface area contributed by atoms with Crippen LogP contribution in [-0.4, -0.2) is 49.4 Å². The lowest BCUT2D eigenvalue weighted by Gasteiger charge is -2.51. The maximum Gasteiger partial charge on any atom is 0.342 e. The van der Waals surface area contributed by atoms with E-state index in [0.29, 0.717) is 29.6 Å². The van der Waals surface area contributed by atoms with Gasteiger partial charge in [0.2, 0.25) is 5.78 Å². The summed E-state index contributed by atoms with van der Waals surface area (Å²) >= 11 is 0. The molecule has 34 heavy (non-hydrogen) atoms. The summed E-state index contributed by atoms with van der Waals surface area (Å²) in [5, 5.41) is 0. The van der Waals surface area contributed by atoms with Gasteiger partial charge in [0.25, 0.3) is 0 Å². The van der Waals surface area contributed by atoms with Crippen molar-refractivity contribution in [3.05, 3.63) is 34.3 Å². The van der Waals surface area contributed by atoms with Gasteiger partial charge in [0.15, 0.2) is 5.76 Å². The van der Waals surface area contributed by atoms with E-state index in [1.165, 1.54) is 13.4 Å². The molecule has 0 bridgehead atoms. The van der Waals surface area contributed by atoms with Gasteiger partial charge in [-0.1, -0.05) is 20.8 Å². The Labute approximate surface area is 198 Å². The molecule has 182 valence electrons. The second-order valence-electron chi connectivity index (χ2n) is 10.8. The van der Waals surface area contributed by atoms with Gasteiger partial charge in [0.1, 0.15) is 29.8 Å². The number of Topliss-reactive ketones (excluding diaryl/α,β-unsaturated/α-hetero) is 2. The van der Waals surface area contributed by atoms with Crippen molar-refractivity contribution < 1.29 is 37.8 Å². The number of cyclic esters (lactones) is 1. The molecular formula is C26H30O8. The fourth-order valence-corrected chi connectivity index (χ4v) is 6.62. The molecule has 3 aliphatic carbocycles. The third-order valence-corrected chi connectivity index (χ3v) is 8.24. The van der Waals surface area contributed by atoms with Crippen LogP contribution in [-0.2, 0) is 29.2 Å². The van der Waals surface area contributed by atoms with E-state index in [1.54, 1.807) is 0 Å². The third-order valence-electron chi connectivity index (χ3n) is 8.24. The van der Waals surface area contributed by atoms with E-state index in [0.717, 1.165) is 0 Å². The largest absolute Gasteiger partial charge is 0.460 e. The molecule has 1 fully saturated rings. The van der Waals surface area contributed by atoms with Crippen LogP contribution in [0.5, 0.6) is 0 Å². The number of hydrogen-bond donors (Lipinski definition) is 0. The first-order valence-electron chi connectivity index (χ1n) is 11.9. The molecule has 0 saturated heterocycles. The first-order valence-corrected chi connectivity index (χ1v) is 11.9. The summed E-state index contributed by atoms with van der Waals surface area (Å²) in [4.78, 5) is 52.5. The van der Waals surface area contributed by atoms with Gasteiger partial charge in [0, 0.05) is 48.8 Å². The topological polar surface area (TPSA) is 109 Å². The predicted molar refractivity (Wildman–Crippen MR) is 118 cm³/mol. The zero-order chi connectivity index (χ0) is 24.6. The van der Waals surface area contributed by atoms with Crippen molar-refractivity contribution in [2.75, 3.05) is 13.7 Å². The van der Waals surface area contributed by atoms with E-state index < -0.39 is 29.0 Å². The Morgan fingerprint density at radius 2 is 1.97 bits per heavy atom. The van der Waals surface area contributed by atoms with Crippen LogP contribution in [0.3, 0.4) is 0 Å². The Bertz CT molecular complexity index is 1140. The minimum atomic E-state index is -0.999. The van der Waals surface area contributed by atoms with E-state index in [-0.39, 0.29) is 60.1 Å². The average Bonchev–Trinajstić information content (AvgIpc) is 3.32. The van der Waals surface area contributed by atoms with E-state index in [4.69, 9.17) is 18.6 Å². The second-order valence-corrected chi connectivity index (χ2v) is 10.8.